The summed E-state index contributed by atoms with van der Waals surface area (Å²) in [6, 6.07) is 3.53. The van der Waals surface area contributed by atoms with Gasteiger partial charge in [-0.1, -0.05) is 11.6 Å². The third kappa shape index (κ3) is 2.84. The summed E-state index contributed by atoms with van der Waals surface area (Å²) in [5.74, 6) is 0. The van der Waals surface area contributed by atoms with E-state index in [-0.39, 0.29) is 29.2 Å². The number of fused-ring (bicyclic) bond motifs is 5. The molecule has 5 heterocycles. The van der Waals surface area contributed by atoms with Crippen molar-refractivity contribution in [2.75, 3.05) is 18.0 Å². The highest BCUT2D eigenvalue weighted by Crippen LogP contribution is 2.43. The van der Waals surface area contributed by atoms with Crippen molar-refractivity contribution in [3.05, 3.63) is 35.1 Å². The van der Waals surface area contributed by atoms with Crippen LogP contribution in [0.25, 0.3) is 16.8 Å². The zero-order valence-electron chi connectivity index (χ0n) is 14.7. The molecule has 2 atom stereocenters. The Bertz CT molecular complexity index is 1010. The number of hydrogen-bond acceptors (Lipinski definition) is 5. The Hall–Kier alpha value is -2.26. The van der Waals surface area contributed by atoms with Crippen LogP contribution in [0.3, 0.4) is 0 Å². The molecule has 2 bridgehead atoms. The summed E-state index contributed by atoms with van der Waals surface area (Å²) in [4.78, 5) is 6.26. The number of piperazine rings is 1. The molecule has 0 saturated carbocycles. The minimum atomic E-state index is -4.65. The van der Waals surface area contributed by atoms with Gasteiger partial charge in [-0.3, -0.25) is 0 Å². The molecule has 3 aliphatic rings. The van der Waals surface area contributed by atoms with E-state index in [0.717, 1.165) is 25.8 Å². The number of benzene rings is 1. The van der Waals surface area contributed by atoms with Crippen LogP contribution < -0.4 is 10.2 Å². The fraction of sp³-hybridized carbons (Fsp3) is 0.444. The molecular weight excluding hydrogens is 395 g/mol. The Kier molecular flexibility index (Phi) is 4.06. The smallest absolute Gasteiger partial charge is 0.420 e. The molecule has 2 aromatic heterocycles. The summed E-state index contributed by atoms with van der Waals surface area (Å²) in [6.07, 6.45) is 1.56. The van der Waals surface area contributed by atoms with Gasteiger partial charge in [-0.2, -0.15) is 23.3 Å². The summed E-state index contributed by atoms with van der Waals surface area (Å²) < 4.78 is 48.5. The van der Waals surface area contributed by atoms with Gasteiger partial charge in [0.05, 0.1) is 5.02 Å². The van der Waals surface area contributed by atoms with Gasteiger partial charge in [0.15, 0.2) is 5.58 Å². The maximum atomic E-state index is 13.7. The molecule has 1 aromatic carbocycles. The van der Waals surface area contributed by atoms with Gasteiger partial charge in [-0.05, 0) is 31.4 Å². The molecule has 3 aliphatic heterocycles. The fourth-order valence-corrected chi connectivity index (χ4v) is 4.45. The van der Waals surface area contributed by atoms with Crippen LogP contribution in [-0.4, -0.2) is 39.9 Å². The second-order valence-corrected chi connectivity index (χ2v) is 7.62. The fourth-order valence-electron chi connectivity index (χ4n) is 4.15. The van der Waals surface area contributed by atoms with Crippen LogP contribution in [0.1, 0.15) is 24.8 Å². The molecule has 10 heteroatoms. The largest absolute Gasteiger partial charge is 0.421 e. The van der Waals surface area contributed by atoms with Crippen molar-refractivity contribution in [1.82, 2.24) is 20.1 Å². The standard InChI is InChI=1S/C18H17ClF3N5O/c19-12-7-13(27-6-2-5-24-27)16-15(14(12)18(20,21)22)25-17(28-16)26-9-10-3-1-4-11(26)8-23-10/h2,5-7,10-11,23H,1,3-4,8-9H2. The van der Waals surface area contributed by atoms with Crippen LogP contribution in [0.2, 0.25) is 5.02 Å². The normalized spacial score (nSPS) is 22.8. The lowest BCUT2D eigenvalue weighted by Crippen LogP contribution is -2.54. The first-order valence-electron chi connectivity index (χ1n) is 9.12. The van der Waals surface area contributed by atoms with Gasteiger partial charge >= 0.3 is 6.18 Å². The molecule has 0 amide bonds. The number of oxazole rings is 1. The lowest BCUT2D eigenvalue weighted by atomic mass is 10.1. The molecular formula is C18H17ClF3N5O. The van der Waals surface area contributed by atoms with E-state index in [0.29, 0.717) is 12.2 Å². The van der Waals surface area contributed by atoms with Crippen LogP contribution in [-0.2, 0) is 6.18 Å². The minimum Gasteiger partial charge on any atom is -0.421 e. The zero-order chi connectivity index (χ0) is 19.5. The molecule has 6 rings (SSSR count). The van der Waals surface area contributed by atoms with Crippen molar-refractivity contribution in [1.29, 1.82) is 0 Å². The molecule has 148 valence electrons. The second-order valence-electron chi connectivity index (χ2n) is 7.22. The maximum absolute atomic E-state index is 13.7. The lowest BCUT2D eigenvalue weighted by Gasteiger charge is -2.36. The number of halogens is 4. The van der Waals surface area contributed by atoms with Gasteiger partial charge < -0.3 is 14.6 Å². The lowest BCUT2D eigenvalue weighted by molar-refractivity contribution is -0.136. The van der Waals surface area contributed by atoms with E-state index in [1.54, 1.807) is 12.3 Å². The highest BCUT2D eigenvalue weighted by molar-refractivity contribution is 6.32. The molecule has 2 unspecified atom stereocenters. The van der Waals surface area contributed by atoms with Crippen molar-refractivity contribution in [3.63, 3.8) is 0 Å². The van der Waals surface area contributed by atoms with E-state index in [1.807, 2.05) is 4.90 Å². The first-order chi connectivity index (χ1) is 13.4. The first kappa shape index (κ1) is 17.8. The Morgan fingerprint density at radius 2 is 2.14 bits per heavy atom. The van der Waals surface area contributed by atoms with E-state index in [1.165, 1.54) is 16.9 Å². The van der Waals surface area contributed by atoms with Crippen LogP contribution >= 0.6 is 11.6 Å². The molecule has 0 radical (unpaired) electrons. The highest BCUT2D eigenvalue weighted by Gasteiger charge is 2.40. The molecule has 0 aliphatic carbocycles. The number of nitrogens with one attached hydrogen (secondary N) is 1. The number of hydrogen-bond donors (Lipinski definition) is 1. The summed E-state index contributed by atoms with van der Waals surface area (Å²) in [7, 11) is 0. The molecule has 3 saturated heterocycles. The Labute approximate surface area is 163 Å². The number of alkyl halides is 3. The van der Waals surface area contributed by atoms with Crippen LogP contribution in [0.4, 0.5) is 19.2 Å². The van der Waals surface area contributed by atoms with Gasteiger partial charge in [0, 0.05) is 37.6 Å². The summed E-state index contributed by atoms with van der Waals surface area (Å²) in [5, 5.41) is 7.15. The first-order valence-corrected chi connectivity index (χ1v) is 9.50. The van der Waals surface area contributed by atoms with Gasteiger partial charge in [-0.25, -0.2) is 4.68 Å². The minimum absolute atomic E-state index is 0.0310. The van der Waals surface area contributed by atoms with Crippen molar-refractivity contribution >= 4 is 28.7 Å². The van der Waals surface area contributed by atoms with E-state index < -0.39 is 16.8 Å². The number of aromatic nitrogens is 3. The highest BCUT2D eigenvalue weighted by atomic mass is 35.5. The molecule has 0 spiro atoms. The number of anilines is 1. The molecule has 1 N–H and O–H groups in total. The molecule has 3 fully saturated rings. The molecule has 28 heavy (non-hydrogen) atoms. The van der Waals surface area contributed by atoms with Gasteiger partial charge in [-0.15, -0.1) is 0 Å². The molecule has 6 nitrogen and oxygen atoms in total. The summed E-state index contributed by atoms with van der Waals surface area (Å²) in [6.45, 7) is 1.42. The SMILES string of the molecule is FC(F)(F)c1c(Cl)cc(-n2cccn2)c2oc(N3CC4CCCC3CN4)nc12. The van der Waals surface area contributed by atoms with Crippen LogP contribution in [0, 0.1) is 0 Å². The van der Waals surface area contributed by atoms with Crippen molar-refractivity contribution < 1.29 is 17.6 Å². The topological polar surface area (TPSA) is 59.1 Å². The average molecular weight is 412 g/mol. The number of nitrogens with zero attached hydrogens (tertiary/aromatic N) is 4. The average Bonchev–Trinajstić information content (AvgIpc) is 3.21. The van der Waals surface area contributed by atoms with Crippen LogP contribution in [0.15, 0.2) is 28.9 Å². The maximum Gasteiger partial charge on any atom is 0.420 e. The Balaban J connectivity index is 1.72. The third-order valence-corrected chi connectivity index (χ3v) is 5.76. The Morgan fingerprint density at radius 3 is 2.89 bits per heavy atom. The third-order valence-electron chi connectivity index (χ3n) is 5.46. The van der Waals surface area contributed by atoms with Crippen molar-refractivity contribution in [2.45, 2.75) is 37.5 Å². The van der Waals surface area contributed by atoms with Crippen molar-refractivity contribution in [3.8, 4) is 5.69 Å². The summed E-state index contributed by atoms with van der Waals surface area (Å²) in [5.41, 5.74) is -0.903. The van der Waals surface area contributed by atoms with E-state index in [2.05, 4.69) is 15.4 Å². The van der Waals surface area contributed by atoms with E-state index in [4.69, 9.17) is 16.0 Å². The predicted octanol–water partition coefficient (Wildman–Crippen LogP) is 4.02. The monoisotopic (exact) mass is 411 g/mol. The van der Waals surface area contributed by atoms with Gasteiger partial charge in [0.1, 0.15) is 16.8 Å². The van der Waals surface area contributed by atoms with Gasteiger partial charge in [0.2, 0.25) is 0 Å². The predicted molar refractivity (Wildman–Crippen MR) is 97.9 cm³/mol. The van der Waals surface area contributed by atoms with Crippen molar-refractivity contribution in [2.24, 2.45) is 0 Å². The van der Waals surface area contributed by atoms with E-state index in [9.17, 15) is 13.2 Å². The second kappa shape index (κ2) is 6.38. The zero-order valence-corrected chi connectivity index (χ0v) is 15.5. The molecule has 3 aromatic rings. The van der Waals surface area contributed by atoms with E-state index >= 15 is 0 Å². The van der Waals surface area contributed by atoms with Gasteiger partial charge in [0.25, 0.3) is 6.01 Å². The van der Waals surface area contributed by atoms with Crippen LogP contribution in [0.5, 0.6) is 0 Å². The quantitative estimate of drug-likeness (QED) is 0.690. The summed E-state index contributed by atoms with van der Waals surface area (Å²) >= 11 is 6.03. The Morgan fingerprint density at radius 1 is 1.29 bits per heavy atom. The number of rotatable bonds is 2.